The first-order chi connectivity index (χ1) is 10.6. The number of fused-ring (bicyclic) bond motifs is 1. The van der Waals surface area contributed by atoms with Gasteiger partial charge in [0.05, 0.1) is 17.1 Å². The predicted octanol–water partition coefficient (Wildman–Crippen LogP) is 3.95. The Hall–Kier alpha value is -2.12. The van der Waals surface area contributed by atoms with Gasteiger partial charge in [0, 0.05) is 29.1 Å². The molecule has 2 aromatic rings. The molecule has 1 fully saturated rings. The maximum atomic E-state index is 11.9. The number of carbonyl (C=O) groups excluding carboxylic acids is 1. The first-order valence-electron chi connectivity index (χ1n) is 7.40. The van der Waals surface area contributed by atoms with Crippen LogP contribution >= 0.6 is 11.6 Å². The molecule has 0 saturated carbocycles. The molecule has 0 aliphatic carbocycles. The van der Waals surface area contributed by atoms with E-state index in [2.05, 4.69) is 16.0 Å². The smallest absolute Gasteiger partial charge is 0.162 e. The lowest BCUT2D eigenvalue weighted by Crippen LogP contribution is -2.30. The van der Waals surface area contributed by atoms with Gasteiger partial charge in [0.25, 0.3) is 0 Å². The summed E-state index contributed by atoms with van der Waals surface area (Å²) in [5, 5.41) is 10.5. The van der Waals surface area contributed by atoms with Crippen molar-refractivity contribution >= 4 is 34.1 Å². The molecular weight excluding hydrogens is 298 g/mol. The van der Waals surface area contributed by atoms with Gasteiger partial charge in [0.1, 0.15) is 5.82 Å². The van der Waals surface area contributed by atoms with Gasteiger partial charge in [-0.25, -0.2) is 4.98 Å². The number of nitrogens with zero attached hydrogens (tertiary/aromatic N) is 3. The van der Waals surface area contributed by atoms with Crippen LogP contribution in [0.5, 0.6) is 0 Å². The fourth-order valence-electron chi connectivity index (χ4n) is 2.92. The summed E-state index contributed by atoms with van der Waals surface area (Å²) in [7, 11) is 0. The molecule has 0 spiro atoms. The van der Waals surface area contributed by atoms with E-state index in [0.717, 1.165) is 31.7 Å². The van der Waals surface area contributed by atoms with E-state index in [4.69, 9.17) is 11.6 Å². The van der Waals surface area contributed by atoms with E-state index < -0.39 is 0 Å². The lowest BCUT2D eigenvalue weighted by molar-refractivity contribution is 0.101. The summed E-state index contributed by atoms with van der Waals surface area (Å²) in [4.78, 5) is 18.8. The molecule has 0 amide bonds. The van der Waals surface area contributed by atoms with Crippen molar-refractivity contribution in [2.24, 2.45) is 0 Å². The molecule has 2 heterocycles. The summed E-state index contributed by atoms with van der Waals surface area (Å²) in [6.07, 6.45) is 3.48. The summed E-state index contributed by atoms with van der Waals surface area (Å²) < 4.78 is 0. The molecule has 1 aromatic carbocycles. The fraction of sp³-hybridized carbons (Fsp3) is 0.353. The average Bonchev–Trinajstić information content (AvgIpc) is 2.53. The van der Waals surface area contributed by atoms with Gasteiger partial charge in [-0.1, -0.05) is 11.6 Å². The molecule has 1 saturated heterocycles. The number of piperidine rings is 1. The molecule has 22 heavy (non-hydrogen) atoms. The van der Waals surface area contributed by atoms with Crippen LogP contribution < -0.4 is 4.90 Å². The Morgan fingerprint density at radius 2 is 2.00 bits per heavy atom. The Morgan fingerprint density at radius 1 is 1.27 bits per heavy atom. The van der Waals surface area contributed by atoms with Crippen LogP contribution in [-0.4, -0.2) is 23.9 Å². The minimum Gasteiger partial charge on any atom is -0.357 e. The van der Waals surface area contributed by atoms with Gasteiger partial charge in [0.15, 0.2) is 5.78 Å². The van der Waals surface area contributed by atoms with Crippen molar-refractivity contribution in [2.75, 3.05) is 18.0 Å². The van der Waals surface area contributed by atoms with E-state index in [1.807, 2.05) is 0 Å². The first-order valence-corrected chi connectivity index (χ1v) is 7.78. The van der Waals surface area contributed by atoms with Crippen LogP contribution in [0.4, 0.5) is 5.82 Å². The summed E-state index contributed by atoms with van der Waals surface area (Å²) in [6, 6.07) is 7.33. The molecule has 3 rings (SSSR count). The molecule has 0 radical (unpaired) electrons. The van der Waals surface area contributed by atoms with Crippen LogP contribution in [0.3, 0.4) is 0 Å². The van der Waals surface area contributed by atoms with Gasteiger partial charge < -0.3 is 4.90 Å². The molecule has 0 atom stereocenters. The zero-order chi connectivity index (χ0) is 15.7. The van der Waals surface area contributed by atoms with Crippen molar-refractivity contribution in [1.29, 1.82) is 5.26 Å². The standard InChI is InChI=1S/C17H16ClN3O/c1-11(22)14-8-13(18)9-15-12(10-19)7-16(20-17(14)15)21-5-3-2-4-6-21/h7-9H,2-6H2,1H3. The van der Waals surface area contributed by atoms with Gasteiger partial charge in [-0.15, -0.1) is 0 Å². The normalized spacial score (nSPS) is 14.9. The number of nitriles is 1. The number of hydrogen-bond donors (Lipinski definition) is 0. The van der Waals surface area contributed by atoms with E-state index in [-0.39, 0.29) is 5.78 Å². The molecular formula is C17H16ClN3O. The zero-order valence-corrected chi connectivity index (χ0v) is 13.2. The van der Waals surface area contributed by atoms with Crippen LogP contribution in [0.2, 0.25) is 5.02 Å². The minimum absolute atomic E-state index is 0.0975. The summed E-state index contributed by atoms with van der Waals surface area (Å²) in [5.74, 6) is 0.674. The third-order valence-corrected chi connectivity index (χ3v) is 4.26. The topological polar surface area (TPSA) is 57.0 Å². The number of Topliss-reactive ketones (excluding diaryl/α,β-unsaturated/α-hetero) is 1. The summed E-state index contributed by atoms with van der Waals surface area (Å²) >= 11 is 6.09. The molecule has 5 heteroatoms. The lowest BCUT2D eigenvalue weighted by Gasteiger charge is -2.28. The number of aromatic nitrogens is 1. The van der Waals surface area contributed by atoms with E-state index >= 15 is 0 Å². The molecule has 1 aliphatic rings. The quantitative estimate of drug-likeness (QED) is 0.788. The van der Waals surface area contributed by atoms with Crippen molar-refractivity contribution < 1.29 is 4.79 Å². The second kappa shape index (κ2) is 5.94. The van der Waals surface area contributed by atoms with Crippen molar-refractivity contribution in [1.82, 2.24) is 4.98 Å². The largest absolute Gasteiger partial charge is 0.357 e. The van der Waals surface area contributed by atoms with Crippen molar-refractivity contribution in [3.8, 4) is 6.07 Å². The Balaban J connectivity index is 2.25. The van der Waals surface area contributed by atoms with Gasteiger partial charge >= 0.3 is 0 Å². The maximum absolute atomic E-state index is 11.9. The van der Waals surface area contributed by atoms with Crippen LogP contribution in [-0.2, 0) is 0 Å². The second-order valence-electron chi connectivity index (χ2n) is 5.59. The monoisotopic (exact) mass is 313 g/mol. The van der Waals surface area contributed by atoms with Gasteiger partial charge in [-0.3, -0.25) is 4.79 Å². The van der Waals surface area contributed by atoms with Crippen LogP contribution in [0.25, 0.3) is 10.9 Å². The van der Waals surface area contributed by atoms with E-state index in [0.29, 0.717) is 27.1 Å². The number of benzene rings is 1. The van der Waals surface area contributed by atoms with E-state index in [9.17, 15) is 10.1 Å². The SMILES string of the molecule is CC(=O)c1cc(Cl)cc2c(C#N)cc(N3CCCCC3)nc12. The summed E-state index contributed by atoms with van der Waals surface area (Å²) in [6.45, 7) is 3.37. The van der Waals surface area contributed by atoms with Crippen molar-refractivity contribution in [2.45, 2.75) is 26.2 Å². The molecule has 0 unspecified atom stereocenters. The van der Waals surface area contributed by atoms with Gasteiger partial charge in [-0.05, 0) is 44.4 Å². The minimum atomic E-state index is -0.0975. The highest BCUT2D eigenvalue weighted by atomic mass is 35.5. The van der Waals surface area contributed by atoms with Crippen molar-refractivity contribution in [3.05, 3.63) is 34.3 Å². The Morgan fingerprint density at radius 3 is 2.64 bits per heavy atom. The second-order valence-corrected chi connectivity index (χ2v) is 6.03. The van der Waals surface area contributed by atoms with Crippen LogP contribution in [0.15, 0.2) is 18.2 Å². The number of ketones is 1. The first kappa shape index (κ1) is 14.8. The number of pyridine rings is 1. The predicted molar refractivity (Wildman–Crippen MR) is 87.5 cm³/mol. The average molecular weight is 314 g/mol. The maximum Gasteiger partial charge on any atom is 0.162 e. The molecule has 1 aromatic heterocycles. The Bertz CT molecular complexity index is 789. The number of carbonyl (C=O) groups is 1. The molecule has 0 N–H and O–H groups in total. The zero-order valence-electron chi connectivity index (χ0n) is 12.4. The van der Waals surface area contributed by atoms with Crippen LogP contribution in [0.1, 0.15) is 42.1 Å². The lowest BCUT2D eigenvalue weighted by atomic mass is 10.0. The van der Waals surface area contributed by atoms with Crippen LogP contribution in [0, 0.1) is 11.3 Å². The number of rotatable bonds is 2. The van der Waals surface area contributed by atoms with E-state index in [1.54, 1.807) is 18.2 Å². The highest BCUT2D eigenvalue weighted by Gasteiger charge is 2.18. The number of halogens is 1. The molecule has 0 bridgehead atoms. The Kier molecular flexibility index (Phi) is 4.00. The third kappa shape index (κ3) is 2.65. The van der Waals surface area contributed by atoms with Gasteiger partial charge in [-0.2, -0.15) is 5.26 Å². The highest BCUT2D eigenvalue weighted by Crippen LogP contribution is 2.29. The molecule has 4 nitrogen and oxygen atoms in total. The Labute approximate surface area is 134 Å². The molecule has 112 valence electrons. The summed E-state index contributed by atoms with van der Waals surface area (Å²) in [5.41, 5.74) is 1.55. The fourth-order valence-corrected chi connectivity index (χ4v) is 3.14. The van der Waals surface area contributed by atoms with Gasteiger partial charge in [0.2, 0.25) is 0 Å². The number of hydrogen-bond acceptors (Lipinski definition) is 4. The molecule has 1 aliphatic heterocycles. The highest BCUT2D eigenvalue weighted by molar-refractivity contribution is 6.32. The van der Waals surface area contributed by atoms with E-state index in [1.165, 1.54) is 13.3 Å². The van der Waals surface area contributed by atoms with Crippen molar-refractivity contribution in [3.63, 3.8) is 0 Å². The number of anilines is 1. The third-order valence-electron chi connectivity index (χ3n) is 4.04.